The first-order chi connectivity index (χ1) is 19.9. The van der Waals surface area contributed by atoms with Gasteiger partial charge in [0.1, 0.15) is 23.0 Å². The van der Waals surface area contributed by atoms with Gasteiger partial charge in [0.2, 0.25) is 0 Å². The predicted molar refractivity (Wildman–Crippen MR) is 156 cm³/mol. The molecule has 0 amide bonds. The second kappa shape index (κ2) is 12.1. The minimum atomic E-state index is -0.244. The number of carbonyl (C=O) groups excluding carboxylic acids is 3. The molecular weight excluding hydrogens is 516 g/mol. The summed E-state index contributed by atoms with van der Waals surface area (Å²) in [5.41, 5.74) is 2.65. The Hall–Kier alpha value is -5.49. The molecule has 0 fully saturated rings. The van der Waals surface area contributed by atoms with Crippen molar-refractivity contribution in [3.8, 4) is 23.0 Å². The van der Waals surface area contributed by atoms with E-state index in [4.69, 9.17) is 14.2 Å². The molecule has 6 heteroatoms. The molecule has 0 aliphatic heterocycles. The Morgan fingerprint density at radius 3 is 1.07 bits per heavy atom. The maximum atomic E-state index is 13.2. The molecule has 5 aromatic rings. The Morgan fingerprint density at radius 2 is 0.683 bits per heavy atom. The highest BCUT2D eigenvalue weighted by molar-refractivity contribution is 6.14. The number of benzene rings is 5. The Kier molecular flexibility index (Phi) is 8.02. The molecule has 0 aliphatic carbocycles. The van der Waals surface area contributed by atoms with Crippen LogP contribution >= 0.6 is 0 Å². The molecule has 0 aromatic heterocycles. The van der Waals surface area contributed by atoms with E-state index in [1.165, 1.54) is 0 Å². The van der Waals surface area contributed by atoms with Crippen LogP contribution in [0.25, 0.3) is 0 Å². The summed E-state index contributed by atoms with van der Waals surface area (Å²) in [6.45, 7) is 0. The number of hydrogen-bond donors (Lipinski definition) is 0. The van der Waals surface area contributed by atoms with E-state index in [9.17, 15) is 14.4 Å². The Labute approximate surface area is 237 Å². The van der Waals surface area contributed by atoms with Crippen molar-refractivity contribution in [1.29, 1.82) is 0 Å². The van der Waals surface area contributed by atoms with Crippen molar-refractivity contribution in [2.24, 2.45) is 0 Å². The fourth-order valence-corrected chi connectivity index (χ4v) is 4.27. The van der Waals surface area contributed by atoms with Crippen molar-refractivity contribution < 1.29 is 28.6 Å². The molecule has 202 valence electrons. The summed E-state index contributed by atoms with van der Waals surface area (Å²) < 4.78 is 16.1. The first-order valence-corrected chi connectivity index (χ1v) is 12.9. The highest BCUT2D eigenvalue weighted by Gasteiger charge is 2.16. The molecule has 0 aliphatic rings. The van der Waals surface area contributed by atoms with Gasteiger partial charge < -0.3 is 14.2 Å². The third-order valence-corrected chi connectivity index (χ3v) is 6.56. The highest BCUT2D eigenvalue weighted by atomic mass is 16.5. The SMILES string of the molecule is COc1ccc(Oc2ccc(C(=O)c3cccc(C(=O)c4ccc(C(=O)c5ccc(OC)cc5)cc4)c3)cc2)cc1. The van der Waals surface area contributed by atoms with Crippen LogP contribution < -0.4 is 14.2 Å². The largest absolute Gasteiger partial charge is 0.497 e. The topological polar surface area (TPSA) is 78.9 Å². The molecule has 0 atom stereocenters. The first-order valence-electron chi connectivity index (χ1n) is 12.9. The van der Waals surface area contributed by atoms with Gasteiger partial charge in [0, 0.05) is 33.4 Å². The van der Waals surface area contributed by atoms with Gasteiger partial charge in [-0.3, -0.25) is 14.4 Å². The van der Waals surface area contributed by atoms with E-state index in [1.807, 2.05) is 0 Å². The predicted octanol–water partition coefficient (Wildman–Crippen LogP) is 7.19. The van der Waals surface area contributed by atoms with Gasteiger partial charge in [-0.1, -0.05) is 42.5 Å². The first kappa shape index (κ1) is 27.1. The zero-order chi connectivity index (χ0) is 28.8. The number of carbonyl (C=O) groups is 3. The molecular formula is C35H26O6. The second-order valence-corrected chi connectivity index (χ2v) is 9.18. The van der Waals surface area contributed by atoms with Crippen LogP contribution in [-0.4, -0.2) is 31.6 Å². The molecule has 0 bridgehead atoms. The van der Waals surface area contributed by atoms with E-state index in [-0.39, 0.29) is 17.3 Å². The van der Waals surface area contributed by atoms with Gasteiger partial charge in [0.15, 0.2) is 17.3 Å². The summed E-state index contributed by atoms with van der Waals surface area (Å²) in [6, 6.07) is 34.0. The summed E-state index contributed by atoms with van der Waals surface area (Å²) in [7, 11) is 3.17. The molecule has 6 nitrogen and oxygen atoms in total. The lowest BCUT2D eigenvalue weighted by Gasteiger charge is -2.08. The van der Waals surface area contributed by atoms with Crippen molar-refractivity contribution in [3.05, 3.63) is 155 Å². The van der Waals surface area contributed by atoms with E-state index in [0.717, 1.165) is 5.75 Å². The molecule has 0 spiro atoms. The Balaban J connectivity index is 1.27. The van der Waals surface area contributed by atoms with Gasteiger partial charge in [-0.25, -0.2) is 0 Å². The normalized spacial score (nSPS) is 10.5. The van der Waals surface area contributed by atoms with Crippen molar-refractivity contribution in [2.45, 2.75) is 0 Å². The summed E-state index contributed by atoms with van der Waals surface area (Å²) in [6.07, 6.45) is 0. The van der Waals surface area contributed by atoms with E-state index in [2.05, 4.69) is 0 Å². The minimum absolute atomic E-state index is 0.153. The summed E-state index contributed by atoms with van der Waals surface area (Å²) >= 11 is 0. The van der Waals surface area contributed by atoms with E-state index >= 15 is 0 Å². The van der Waals surface area contributed by atoms with Crippen LogP contribution in [0.5, 0.6) is 23.0 Å². The van der Waals surface area contributed by atoms with Gasteiger partial charge in [0.05, 0.1) is 14.2 Å². The zero-order valence-electron chi connectivity index (χ0n) is 22.5. The maximum Gasteiger partial charge on any atom is 0.193 e. The number of rotatable bonds is 10. The number of ketones is 3. The Bertz CT molecular complexity index is 1680. The smallest absolute Gasteiger partial charge is 0.193 e. The van der Waals surface area contributed by atoms with Crippen LogP contribution in [0.1, 0.15) is 47.8 Å². The van der Waals surface area contributed by atoms with Gasteiger partial charge >= 0.3 is 0 Å². The third-order valence-electron chi connectivity index (χ3n) is 6.56. The Morgan fingerprint density at radius 1 is 0.390 bits per heavy atom. The molecule has 0 unspecified atom stereocenters. The lowest BCUT2D eigenvalue weighted by molar-refractivity contribution is 0.102. The van der Waals surface area contributed by atoms with Crippen LogP contribution in [0.4, 0.5) is 0 Å². The average molecular weight is 543 g/mol. The zero-order valence-corrected chi connectivity index (χ0v) is 22.5. The number of hydrogen-bond acceptors (Lipinski definition) is 6. The lowest BCUT2D eigenvalue weighted by atomic mass is 9.96. The molecule has 5 rings (SSSR count). The van der Waals surface area contributed by atoms with Crippen molar-refractivity contribution >= 4 is 17.3 Å². The molecule has 0 heterocycles. The van der Waals surface area contributed by atoms with Crippen LogP contribution in [0.2, 0.25) is 0 Å². The standard InChI is InChI=1S/C35H26O6/c1-39-29-14-10-25(11-15-29)33(36)23-6-8-24(9-7-23)34(37)27-4-3-5-28(22-27)35(38)26-12-16-31(17-13-26)41-32-20-18-30(40-2)19-21-32/h3-22H,1-2H3. The fraction of sp³-hybridized carbons (Fsp3) is 0.0571. The van der Waals surface area contributed by atoms with Crippen LogP contribution in [0, 0.1) is 0 Å². The van der Waals surface area contributed by atoms with Crippen LogP contribution in [-0.2, 0) is 0 Å². The van der Waals surface area contributed by atoms with Gasteiger partial charge in [-0.05, 0) is 78.9 Å². The lowest BCUT2D eigenvalue weighted by Crippen LogP contribution is -2.07. The van der Waals surface area contributed by atoms with E-state index in [1.54, 1.807) is 136 Å². The monoisotopic (exact) mass is 542 g/mol. The molecule has 0 N–H and O–H groups in total. The van der Waals surface area contributed by atoms with Crippen molar-refractivity contribution in [2.75, 3.05) is 14.2 Å². The maximum absolute atomic E-state index is 13.2. The third kappa shape index (κ3) is 6.23. The van der Waals surface area contributed by atoms with Crippen molar-refractivity contribution in [1.82, 2.24) is 0 Å². The number of methoxy groups -OCH3 is 2. The fourth-order valence-electron chi connectivity index (χ4n) is 4.27. The molecule has 0 saturated carbocycles. The average Bonchev–Trinajstić information content (AvgIpc) is 3.04. The van der Waals surface area contributed by atoms with Gasteiger partial charge in [0.25, 0.3) is 0 Å². The number of ether oxygens (including phenoxy) is 3. The molecule has 5 aromatic carbocycles. The van der Waals surface area contributed by atoms with Crippen molar-refractivity contribution in [3.63, 3.8) is 0 Å². The van der Waals surface area contributed by atoms with Crippen LogP contribution in [0.3, 0.4) is 0 Å². The van der Waals surface area contributed by atoms with Gasteiger partial charge in [-0.2, -0.15) is 0 Å². The minimum Gasteiger partial charge on any atom is -0.497 e. The molecule has 0 radical (unpaired) electrons. The van der Waals surface area contributed by atoms with Crippen LogP contribution in [0.15, 0.2) is 121 Å². The summed E-state index contributed by atoms with van der Waals surface area (Å²) in [5, 5.41) is 0. The highest BCUT2D eigenvalue weighted by Crippen LogP contribution is 2.25. The van der Waals surface area contributed by atoms with E-state index < -0.39 is 0 Å². The van der Waals surface area contributed by atoms with E-state index in [0.29, 0.717) is 50.6 Å². The summed E-state index contributed by atoms with van der Waals surface area (Å²) in [4.78, 5) is 39.2. The summed E-state index contributed by atoms with van der Waals surface area (Å²) in [5.74, 6) is 2.02. The molecule has 0 saturated heterocycles. The van der Waals surface area contributed by atoms with Gasteiger partial charge in [-0.15, -0.1) is 0 Å². The molecule has 41 heavy (non-hydrogen) atoms. The second-order valence-electron chi connectivity index (χ2n) is 9.18. The quantitative estimate of drug-likeness (QED) is 0.174.